The molecule has 20 heavy (non-hydrogen) atoms. The molecule has 0 heterocycles. The first kappa shape index (κ1) is 15.2. The zero-order valence-electron chi connectivity index (χ0n) is 10.4. The smallest absolute Gasteiger partial charge is 0.255 e. The lowest BCUT2D eigenvalue weighted by molar-refractivity contribution is 0.102. The lowest BCUT2D eigenvalue weighted by Crippen LogP contribution is -2.13. The molecular weight excluding hydrogens is 365 g/mol. The standard InChI is InChI=1S/C14H10BrCl2NO2/c1-7-6-8(19)2-3-9(7)14(20)18-11-5-4-10(15)12(16)13(11)17/h2-6,19H,1H3,(H,18,20). The van der Waals surface area contributed by atoms with Gasteiger partial charge >= 0.3 is 0 Å². The molecule has 0 unspecified atom stereocenters. The molecule has 2 N–H and O–H groups in total. The minimum Gasteiger partial charge on any atom is -0.508 e. The molecule has 0 saturated carbocycles. The highest BCUT2D eigenvalue weighted by Crippen LogP contribution is 2.36. The van der Waals surface area contributed by atoms with Gasteiger partial charge in [-0.25, -0.2) is 0 Å². The summed E-state index contributed by atoms with van der Waals surface area (Å²) >= 11 is 15.3. The maximum Gasteiger partial charge on any atom is 0.255 e. The molecule has 2 aromatic rings. The minimum absolute atomic E-state index is 0.115. The van der Waals surface area contributed by atoms with E-state index < -0.39 is 0 Å². The average molecular weight is 375 g/mol. The van der Waals surface area contributed by atoms with Gasteiger partial charge in [-0.2, -0.15) is 0 Å². The van der Waals surface area contributed by atoms with Gasteiger partial charge in [-0.3, -0.25) is 4.79 Å². The Kier molecular flexibility index (Phi) is 4.58. The lowest BCUT2D eigenvalue weighted by atomic mass is 10.1. The number of benzene rings is 2. The second-order valence-corrected chi connectivity index (χ2v) is 5.79. The van der Waals surface area contributed by atoms with Gasteiger partial charge in [0, 0.05) is 10.0 Å². The van der Waals surface area contributed by atoms with E-state index in [2.05, 4.69) is 21.2 Å². The van der Waals surface area contributed by atoms with Crippen LogP contribution in [0.3, 0.4) is 0 Å². The summed E-state index contributed by atoms with van der Waals surface area (Å²) < 4.78 is 0.656. The molecular formula is C14H10BrCl2NO2. The summed E-state index contributed by atoms with van der Waals surface area (Å²) in [5, 5.41) is 12.7. The van der Waals surface area contributed by atoms with E-state index in [1.165, 1.54) is 12.1 Å². The Morgan fingerprint density at radius 2 is 1.90 bits per heavy atom. The van der Waals surface area contributed by atoms with Crippen LogP contribution in [0, 0.1) is 6.92 Å². The van der Waals surface area contributed by atoms with Gasteiger partial charge < -0.3 is 10.4 Å². The maximum absolute atomic E-state index is 12.2. The Hall–Kier alpha value is -1.23. The number of anilines is 1. The summed E-state index contributed by atoms with van der Waals surface area (Å²) in [4.78, 5) is 12.2. The number of hydrogen-bond donors (Lipinski definition) is 2. The molecule has 6 heteroatoms. The van der Waals surface area contributed by atoms with E-state index in [1.807, 2.05) is 0 Å². The molecule has 0 aliphatic heterocycles. The van der Waals surface area contributed by atoms with Gasteiger partial charge in [-0.1, -0.05) is 23.2 Å². The number of carbonyl (C=O) groups excluding carboxylic acids is 1. The zero-order valence-corrected chi connectivity index (χ0v) is 13.5. The predicted molar refractivity (Wildman–Crippen MR) is 85.0 cm³/mol. The molecule has 0 aliphatic rings. The SMILES string of the molecule is Cc1cc(O)ccc1C(=O)Nc1ccc(Br)c(Cl)c1Cl. The third kappa shape index (κ3) is 3.08. The van der Waals surface area contributed by atoms with Crippen molar-refractivity contribution >= 4 is 50.7 Å². The molecule has 0 spiro atoms. The van der Waals surface area contributed by atoms with E-state index in [9.17, 15) is 9.90 Å². The van der Waals surface area contributed by atoms with Gasteiger partial charge in [-0.15, -0.1) is 0 Å². The van der Waals surface area contributed by atoms with Crippen LogP contribution in [0.15, 0.2) is 34.8 Å². The third-order valence-corrected chi connectivity index (χ3v) is 4.51. The van der Waals surface area contributed by atoms with E-state index in [4.69, 9.17) is 23.2 Å². The topological polar surface area (TPSA) is 49.3 Å². The third-order valence-electron chi connectivity index (χ3n) is 2.74. The first-order valence-corrected chi connectivity index (χ1v) is 7.19. The highest BCUT2D eigenvalue weighted by molar-refractivity contribution is 9.10. The van der Waals surface area contributed by atoms with Crippen LogP contribution in [0.5, 0.6) is 5.75 Å². The summed E-state index contributed by atoms with van der Waals surface area (Å²) in [6.07, 6.45) is 0. The Labute approximate surface area is 134 Å². The summed E-state index contributed by atoms with van der Waals surface area (Å²) in [6, 6.07) is 7.89. The molecule has 0 aliphatic carbocycles. The normalized spacial score (nSPS) is 10.4. The quantitative estimate of drug-likeness (QED) is 0.725. The van der Waals surface area contributed by atoms with Gasteiger partial charge in [0.25, 0.3) is 5.91 Å². The fraction of sp³-hybridized carbons (Fsp3) is 0.0714. The van der Waals surface area contributed by atoms with Gasteiger partial charge in [-0.05, 0) is 58.7 Å². The molecule has 104 valence electrons. The first-order chi connectivity index (χ1) is 9.40. The number of nitrogens with one attached hydrogen (secondary N) is 1. The molecule has 0 aromatic heterocycles. The Morgan fingerprint density at radius 3 is 2.55 bits per heavy atom. The zero-order chi connectivity index (χ0) is 14.9. The van der Waals surface area contributed by atoms with Crippen LogP contribution in [0.1, 0.15) is 15.9 Å². The number of aromatic hydroxyl groups is 1. The number of rotatable bonds is 2. The number of carbonyl (C=O) groups is 1. The number of hydrogen-bond acceptors (Lipinski definition) is 2. The van der Waals surface area contributed by atoms with E-state index in [-0.39, 0.29) is 16.7 Å². The van der Waals surface area contributed by atoms with Crippen LogP contribution in [-0.4, -0.2) is 11.0 Å². The van der Waals surface area contributed by atoms with Gasteiger partial charge in [0.05, 0.1) is 15.7 Å². The van der Waals surface area contributed by atoms with Crippen molar-refractivity contribution < 1.29 is 9.90 Å². The maximum atomic E-state index is 12.2. The van der Waals surface area contributed by atoms with Crippen molar-refractivity contribution in [2.75, 3.05) is 5.32 Å². The monoisotopic (exact) mass is 373 g/mol. The minimum atomic E-state index is -0.317. The Morgan fingerprint density at radius 1 is 1.20 bits per heavy atom. The van der Waals surface area contributed by atoms with Crippen molar-refractivity contribution in [2.24, 2.45) is 0 Å². The highest BCUT2D eigenvalue weighted by Gasteiger charge is 2.14. The van der Waals surface area contributed by atoms with Crippen LogP contribution >= 0.6 is 39.1 Å². The average Bonchev–Trinajstić information content (AvgIpc) is 2.39. The molecule has 0 saturated heterocycles. The summed E-state index contributed by atoms with van der Waals surface area (Å²) in [6.45, 7) is 1.74. The second kappa shape index (κ2) is 6.04. The van der Waals surface area contributed by atoms with Gasteiger partial charge in [0.1, 0.15) is 5.75 Å². The van der Waals surface area contributed by atoms with E-state index >= 15 is 0 Å². The van der Waals surface area contributed by atoms with E-state index in [0.29, 0.717) is 26.3 Å². The fourth-order valence-electron chi connectivity index (χ4n) is 1.71. The van der Waals surface area contributed by atoms with E-state index in [1.54, 1.807) is 25.1 Å². The van der Waals surface area contributed by atoms with Crippen LogP contribution in [0.25, 0.3) is 0 Å². The van der Waals surface area contributed by atoms with Crippen LogP contribution in [0.4, 0.5) is 5.69 Å². The Balaban J connectivity index is 2.30. The number of amides is 1. The molecule has 2 aromatic carbocycles. The number of phenols is 1. The molecule has 0 radical (unpaired) electrons. The summed E-state index contributed by atoms with van der Waals surface area (Å²) in [5.74, 6) is -0.202. The van der Waals surface area contributed by atoms with Gasteiger partial charge in [0.2, 0.25) is 0 Å². The van der Waals surface area contributed by atoms with Crippen molar-refractivity contribution in [3.8, 4) is 5.75 Å². The van der Waals surface area contributed by atoms with Crippen LogP contribution in [-0.2, 0) is 0 Å². The van der Waals surface area contributed by atoms with Gasteiger partial charge in [0.15, 0.2) is 0 Å². The molecule has 0 bridgehead atoms. The second-order valence-electron chi connectivity index (χ2n) is 4.18. The van der Waals surface area contributed by atoms with Crippen molar-refractivity contribution in [3.63, 3.8) is 0 Å². The molecule has 0 atom stereocenters. The largest absolute Gasteiger partial charge is 0.508 e. The van der Waals surface area contributed by atoms with Crippen LogP contribution in [0.2, 0.25) is 10.0 Å². The number of halogens is 3. The molecule has 3 nitrogen and oxygen atoms in total. The molecule has 0 fully saturated rings. The predicted octanol–water partition coefficient (Wildman–Crippen LogP) is 5.02. The van der Waals surface area contributed by atoms with Crippen molar-refractivity contribution in [2.45, 2.75) is 6.92 Å². The van der Waals surface area contributed by atoms with Crippen molar-refractivity contribution in [3.05, 3.63) is 56.0 Å². The number of aryl methyl sites for hydroxylation is 1. The number of phenolic OH excluding ortho intramolecular Hbond substituents is 1. The lowest BCUT2D eigenvalue weighted by Gasteiger charge is -2.11. The highest BCUT2D eigenvalue weighted by atomic mass is 79.9. The van der Waals surface area contributed by atoms with Crippen molar-refractivity contribution in [1.29, 1.82) is 0 Å². The molecule has 1 amide bonds. The van der Waals surface area contributed by atoms with Crippen LogP contribution < -0.4 is 5.32 Å². The van der Waals surface area contributed by atoms with Crippen molar-refractivity contribution in [1.82, 2.24) is 0 Å². The first-order valence-electron chi connectivity index (χ1n) is 5.64. The van der Waals surface area contributed by atoms with E-state index in [0.717, 1.165) is 0 Å². The summed E-state index contributed by atoms with van der Waals surface area (Å²) in [7, 11) is 0. The fourth-order valence-corrected chi connectivity index (χ4v) is 2.54. The molecule has 2 rings (SSSR count). The Bertz CT molecular complexity index is 689. The summed E-state index contributed by atoms with van der Waals surface area (Å²) in [5.41, 5.74) is 1.55.